The van der Waals surface area contributed by atoms with E-state index in [0.29, 0.717) is 0 Å². The van der Waals surface area contributed by atoms with Crippen molar-refractivity contribution >= 4 is 6.09 Å². The molecule has 0 aromatic carbocycles. The number of aliphatic hydroxyl groups is 1. The third kappa shape index (κ3) is 4.48. The van der Waals surface area contributed by atoms with E-state index in [1.807, 2.05) is 39.5 Å². The van der Waals surface area contributed by atoms with E-state index in [1.165, 1.54) is 0 Å². The molecule has 0 aromatic heterocycles. The van der Waals surface area contributed by atoms with E-state index in [2.05, 4.69) is 0 Å². The fourth-order valence-corrected chi connectivity index (χ4v) is 2.43. The minimum Gasteiger partial charge on any atom is -0.444 e. The van der Waals surface area contributed by atoms with Gasteiger partial charge in [-0.15, -0.1) is 0 Å². The number of rotatable bonds is 2. The predicted octanol–water partition coefficient (Wildman–Crippen LogP) is 2.94. The first-order chi connectivity index (χ1) is 8.20. The molecule has 1 saturated carbocycles. The molecule has 1 amide bonds. The summed E-state index contributed by atoms with van der Waals surface area (Å²) in [7, 11) is 0. The van der Waals surface area contributed by atoms with Gasteiger partial charge in [0, 0.05) is 12.1 Å². The van der Waals surface area contributed by atoms with Gasteiger partial charge in [0.05, 0.1) is 6.10 Å². The quantitative estimate of drug-likeness (QED) is 0.827. The highest BCUT2D eigenvalue weighted by Gasteiger charge is 2.32. The number of ether oxygens (including phenoxy) is 1. The molecule has 4 nitrogen and oxygen atoms in total. The molecule has 0 unspecified atom stereocenters. The highest BCUT2D eigenvalue weighted by atomic mass is 16.6. The summed E-state index contributed by atoms with van der Waals surface area (Å²) in [5.74, 6) is 0. The van der Waals surface area contributed by atoms with Crippen LogP contribution in [0.3, 0.4) is 0 Å². The van der Waals surface area contributed by atoms with Gasteiger partial charge in [-0.3, -0.25) is 0 Å². The molecule has 0 atom stereocenters. The molecular formula is C14H27NO3. The largest absolute Gasteiger partial charge is 0.444 e. The number of carbonyl (C=O) groups excluding carboxylic acids is 1. The van der Waals surface area contributed by atoms with Crippen LogP contribution in [0.2, 0.25) is 0 Å². The Morgan fingerprint density at radius 2 is 1.72 bits per heavy atom. The third-order valence-corrected chi connectivity index (χ3v) is 3.22. The first-order valence-electron chi connectivity index (χ1n) is 6.90. The molecule has 18 heavy (non-hydrogen) atoms. The fourth-order valence-electron chi connectivity index (χ4n) is 2.43. The van der Waals surface area contributed by atoms with Gasteiger partial charge in [-0.05, 0) is 60.3 Å². The monoisotopic (exact) mass is 257 g/mol. The maximum absolute atomic E-state index is 12.2. The first kappa shape index (κ1) is 15.3. The van der Waals surface area contributed by atoms with Gasteiger partial charge in [-0.25, -0.2) is 4.79 Å². The molecule has 0 saturated heterocycles. The molecule has 0 bridgehead atoms. The maximum Gasteiger partial charge on any atom is 0.410 e. The lowest BCUT2D eigenvalue weighted by molar-refractivity contribution is -0.00328. The van der Waals surface area contributed by atoms with Gasteiger partial charge < -0.3 is 14.7 Å². The molecule has 0 radical (unpaired) electrons. The average molecular weight is 257 g/mol. The Morgan fingerprint density at radius 3 is 2.11 bits per heavy atom. The molecule has 0 aromatic rings. The van der Waals surface area contributed by atoms with E-state index in [9.17, 15) is 9.90 Å². The van der Waals surface area contributed by atoms with E-state index < -0.39 is 5.60 Å². The highest BCUT2D eigenvalue weighted by Crippen LogP contribution is 2.26. The molecule has 1 aliphatic rings. The summed E-state index contributed by atoms with van der Waals surface area (Å²) in [5, 5.41) is 9.54. The minimum absolute atomic E-state index is 0.125. The summed E-state index contributed by atoms with van der Waals surface area (Å²) in [6.07, 6.45) is 2.83. The molecule has 0 aliphatic heterocycles. The standard InChI is InChI=1S/C14H27NO3/c1-10(2)15(13(17)18-14(3,4)5)11-6-8-12(16)9-7-11/h10-12,16H,6-9H2,1-5H3. The summed E-state index contributed by atoms with van der Waals surface area (Å²) in [5.41, 5.74) is -0.460. The van der Waals surface area contributed by atoms with Crippen LogP contribution in [0.1, 0.15) is 60.3 Å². The van der Waals surface area contributed by atoms with Crippen molar-refractivity contribution in [1.82, 2.24) is 4.90 Å². The Morgan fingerprint density at radius 1 is 1.22 bits per heavy atom. The van der Waals surface area contributed by atoms with Crippen molar-refractivity contribution in [2.45, 2.75) is 84.1 Å². The van der Waals surface area contributed by atoms with Crippen molar-refractivity contribution < 1.29 is 14.6 Å². The normalized spacial score (nSPS) is 25.1. The van der Waals surface area contributed by atoms with Crippen molar-refractivity contribution in [2.24, 2.45) is 0 Å². The third-order valence-electron chi connectivity index (χ3n) is 3.22. The lowest BCUT2D eigenvalue weighted by Crippen LogP contribution is -2.48. The predicted molar refractivity (Wildman–Crippen MR) is 71.5 cm³/mol. The highest BCUT2D eigenvalue weighted by molar-refractivity contribution is 5.69. The first-order valence-corrected chi connectivity index (χ1v) is 6.90. The van der Waals surface area contributed by atoms with E-state index in [0.717, 1.165) is 25.7 Å². The molecule has 1 aliphatic carbocycles. The summed E-state index contributed by atoms with van der Waals surface area (Å²) in [6.45, 7) is 9.67. The number of nitrogens with zero attached hydrogens (tertiary/aromatic N) is 1. The summed E-state index contributed by atoms with van der Waals surface area (Å²) >= 11 is 0. The SMILES string of the molecule is CC(C)N(C(=O)OC(C)(C)C)C1CCC(O)CC1. The second-order valence-electron chi connectivity index (χ2n) is 6.44. The summed E-state index contributed by atoms with van der Waals surface area (Å²) in [4.78, 5) is 14.1. The smallest absolute Gasteiger partial charge is 0.410 e. The zero-order valence-electron chi connectivity index (χ0n) is 12.3. The fraction of sp³-hybridized carbons (Fsp3) is 0.929. The van der Waals surface area contributed by atoms with Crippen molar-refractivity contribution in [1.29, 1.82) is 0 Å². The molecule has 0 spiro atoms. The van der Waals surface area contributed by atoms with Gasteiger partial charge in [-0.2, -0.15) is 0 Å². The van der Waals surface area contributed by atoms with Crippen LogP contribution in [-0.2, 0) is 4.74 Å². The van der Waals surface area contributed by atoms with E-state index >= 15 is 0 Å². The second kappa shape index (κ2) is 5.91. The molecule has 1 rings (SSSR count). The van der Waals surface area contributed by atoms with Crippen LogP contribution in [0.15, 0.2) is 0 Å². The summed E-state index contributed by atoms with van der Waals surface area (Å²) in [6, 6.07) is 0.323. The van der Waals surface area contributed by atoms with Crippen LogP contribution in [0.25, 0.3) is 0 Å². The molecule has 0 heterocycles. The van der Waals surface area contributed by atoms with Crippen molar-refractivity contribution in [3.05, 3.63) is 0 Å². The number of hydrogen-bond donors (Lipinski definition) is 1. The van der Waals surface area contributed by atoms with Crippen molar-refractivity contribution in [3.63, 3.8) is 0 Å². The van der Waals surface area contributed by atoms with Crippen LogP contribution in [0, 0.1) is 0 Å². The zero-order chi connectivity index (χ0) is 13.9. The lowest BCUT2D eigenvalue weighted by atomic mass is 9.91. The lowest BCUT2D eigenvalue weighted by Gasteiger charge is -2.39. The van der Waals surface area contributed by atoms with Gasteiger partial charge in [0.15, 0.2) is 0 Å². The number of aliphatic hydroxyl groups excluding tert-OH is 1. The van der Waals surface area contributed by atoms with Crippen LogP contribution >= 0.6 is 0 Å². The second-order valence-corrected chi connectivity index (χ2v) is 6.44. The topological polar surface area (TPSA) is 49.8 Å². The molecule has 106 valence electrons. The van der Waals surface area contributed by atoms with Crippen molar-refractivity contribution in [2.75, 3.05) is 0 Å². The Labute approximate surface area is 110 Å². The van der Waals surface area contributed by atoms with Gasteiger partial charge in [0.25, 0.3) is 0 Å². The summed E-state index contributed by atoms with van der Waals surface area (Å²) < 4.78 is 5.47. The molecule has 4 heteroatoms. The number of amides is 1. The van der Waals surface area contributed by atoms with Gasteiger partial charge >= 0.3 is 6.09 Å². The average Bonchev–Trinajstić information content (AvgIpc) is 2.18. The van der Waals surface area contributed by atoms with Gasteiger partial charge in [-0.1, -0.05) is 0 Å². The Balaban J connectivity index is 2.68. The molecule has 1 N–H and O–H groups in total. The molecular weight excluding hydrogens is 230 g/mol. The Hall–Kier alpha value is -0.770. The maximum atomic E-state index is 12.2. The van der Waals surface area contributed by atoms with Crippen molar-refractivity contribution in [3.8, 4) is 0 Å². The van der Waals surface area contributed by atoms with Crippen LogP contribution < -0.4 is 0 Å². The van der Waals surface area contributed by atoms with Crippen LogP contribution in [0.5, 0.6) is 0 Å². The zero-order valence-corrected chi connectivity index (χ0v) is 12.3. The molecule has 1 fully saturated rings. The van der Waals surface area contributed by atoms with E-state index in [1.54, 1.807) is 0 Å². The minimum atomic E-state index is -0.460. The Kier molecular flexibility index (Phi) is 5.02. The Bertz CT molecular complexity index is 275. The van der Waals surface area contributed by atoms with Crippen LogP contribution in [0.4, 0.5) is 4.79 Å². The van der Waals surface area contributed by atoms with E-state index in [4.69, 9.17) is 4.74 Å². The van der Waals surface area contributed by atoms with Gasteiger partial charge in [0.2, 0.25) is 0 Å². The number of hydrogen-bond acceptors (Lipinski definition) is 3. The van der Waals surface area contributed by atoms with Gasteiger partial charge in [0.1, 0.15) is 5.60 Å². The van der Waals surface area contributed by atoms with Crippen LogP contribution in [-0.4, -0.2) is 39.9 Å². The van der Waals surface area contributed by atoms with E-state index in [-0.39, 0.29) is 24.3 Å². The number of carbonyl (C=O) groups is 1.